The van der Waals surface area contributed by atoms with Crippen molar-refractivity contribution in [2.75, 3.05) is 41.3 Å². The highest BCUT2D eigenvalue weighted by molar-refractivity contribution is 7.97. The van der Waals surface area contributed by atoms with Crippen LogP contribution in [0.4, 0.5) is 26.5 Å². The number of halogens is 3. The topological polar surface area (TPSA) is 86.2 Å². The second-order valence-corrected chi connectivity index (χ2v) is 13.2. The number of benzene rings is 4. The fourth-order valence-electron chi connectivity index (χ4n) is 5.63. The summed E-state index contributed by atoms with van der Waals surface area (Å²) in [6.45, 7) is 3.94. The quantitative estimate of drug-likeness (QED) is 0.0776. The third-order valence-corrected chi connectivity index (χ3v) is 9.60. The number of imidazole rings is 1. The van der Waals surface area contributed by atoms with Crippen LogP contribution in [0.25, 0.3) is 11.0 Å². The number of fused-ring (bicyclic) bond motifs is 1. The van der Waals surface area contributed by atoms with Gasteiger partial charge in [-0.1, -0.05) is 65.7 Å². The van der Waals surface area contributed by atoms with Crippen LogP contribution in [0.15, 0.2) is 91.0 Å². The molecule has 47 heavy (non-hydrogen) atoms. The molecule has 0 atom stereocenters. The minimum atomic E-state index is -0.273. The van der Waals surface area contributed by atoms with E-state index in [9.17, 15) is 9.18 Å². The first-order valence-corrected chi connectivity index (χ1v) is 17.3. The summed E-state index contributed by atoms with van der Waals surface area (Å²) < 4.78 is 18.6. The number of hydrogen-bond acceptors (Lipinski definition) is 6. The number of nitrogens with zero attached hydrogens (tertiary/aromatic N) is 3. The van der Waals surface area contributed by atoms with E-state index >= 15 is 0 Å². The van der Waals surface area contributed by atoms with Gasteiger partial charge in [-0.3, -0.25) is 4.72 Å². The molecule has 1 saturated heterocycles. The van der Waals surface area contributed by atoms with E-state index in [0.717, 1.165) is 72.0 Å². The molecular formula is C35H36Cl2FN7OS. The fraction of sp³-hybridized carbons (Fsp3) is 0.257. The number of aromatic nitrogens is 2. The molecule has 2 amide bonds. The smallest absolute Gasteiger partial charge is 0.329 e. The Hall–Kier alpha value is -3.96. The number of para-hydroxylation sites is 4. The van der Waals surface area contributed by atoms with E-state index in [2.05, 4.69) is 36.2 Å². The largest absolute Gasteiger partial charge is 0.379 e. The Morgan fingerprint density at radius 2 is 1.62 bits per heavy atom. The van der Waals surface area contributed by atoms with Crippen LogP contribution in [0.1, 0.15) is 24.0 Å². The molecule has 0 radical (unpaired) electrons. The summed E-state index contributed by atoms with van der Waals surface area (Å²) in [4.78, 5) is 20.0. The van der Waals surface area contributed by atoms with Gasteiger partial charge in [0.15, 0.2) is 0 Å². The zero-order valence-electron chi connectivity index (χ0n) is 25.7. The van der Waals surface area contributed by atoms with Gasteiger partial charge in [-0.25, -0.2) is 14.2 Å². The van der Waals surface area contributed by atoms with Gasteiger partial charge in [-0.15, -0.1) is 0 Å². The number of nitrogens with one attached hydrogen (secondary N) is 4. The monoisotopic (exact) mass is 691 g/mol. The molecule has 1 aromatic heterocycles. The first-order valence-electron chi connectivity index (χ1n) is 15.6. The van der Waals surface area contributed by atoms with E-state index in [1.54, 1.807) is 6.07 Å². The molecule has 0 aliphatic carbocycles. The Bertz CT molecular complexity index is 1810. The lowest BCUT2D eigenvalue weighted by Crippen LogP contribution is -2.40. The first kappa shape index (κ1) is 33.0. The number of anilines is 3. The summed E-state index contributed by atoms with van der Waals surface area (Å²) in [7, 11) is 0. The summed E-state index contributed by atoms with van der Waals surface area (Å²) in [5, 5.41) is 11.0. The zero-order valence-corrected chi connectivity index (χ0v) is 28.0. The molecule has 0 unspecified atom stereocenters. The van der Waals surface area contributed by atoms with Gasteiger partial charge >= 0.3 is 6.03 Å². The van der Waals surface area contributed by atoms with Crippen molar-refractivity contribution in [2.45, 2.75) is 32.0 Å². The second kappa shape index (κ2) is 15.8. The zero-order chi connectivity index (χ0) is 32.6. The predicted octanol–water partition coefficient (Wildman–Crippen LogP) is 8.49. The van der Waals surface area contributed by atoms with Gasteiger partial charge in [0.25, 0.3) is 0 Å². The SMILES string of the molecule is O=C(NSCCN1CCC(Nc2nc3ccccc3n2Cc2ccc(F)cc2)CC1)Nc1ccccc1NCc1ccc(Cl)c(Cl)c1. The molecule has 1 aliphatic rings. The molecule has 0 bridgehead atoms. The molecule has 5 aromatic rings. The number of amides is 2. The van der Waals surface area contributed by atoms with Crippen LogP contribution in [-0.4, -0.2) is 51.9 Å². The minimum absolute atomic E-state index is 0.237. The van der Waals surface area contributed by atoms with Crippen molar-refractivity contribution in [1.29, 1.82) is 0 Å². The Morgan fingerprint density at radius 3 is 2.40 bits per heavy atom. The summed E-state index contributed by atoms with van der Waals surface area (Å²) in [6.07, 6.45) is 1.98. The maximum Gasteiger partial charge on any atom is 0.329 e. The summed E-state index contributed by atoms with van der Waals surface area (Å²) >= 11 is 13.6. The Morgan fingerprint density at radius 1 is 0.894 bits per heavy atom. The van der Waals surface area contributed by atoms with Crippen molar-refractivity contribution in [3.63, 3.8) is 0 Å². The van der Waals surface area contributed by atoms with Crippen LogP contribution in [0.3, 0.4) is 0 Å². The van der Waals surface area contributed by atoms with Crippen LogP contribution in [0.2, 0.25) is 10.0 Å². The molecule has 2 heterocycles. The van der Waals surface area contributed by atoms with Crippen LogP contribution >= 0.6 is 35.1 Å². The van der Waals surface area contributed by atoms with E-state index in [4.69, 9.17) is 28.2 Å². The van der Waals surface area contributed by atoms with Gasteiger partial charge in [-0.2, -0.15) is 0 Å². The van der Waals surface area contributed by atoms with Crippen LogP contribution in [0.5, 0.6) is 0 Å². The third-order valence-electron chi connectivity index (χ3n) is 8.15. The van der Waals surface area contributed by atoms with E-state index in [0.29, 0.717) is 34.9 Å². The predicted molar refractivity (Wildman–Crippen MR) is 193 cm³/mol. The Labute approximate surface area is 288 Å². The molecule has 244 valence electrons. The maximum absolute atomic E-state index is 13.5. The van der Waals surface area contributed by atoms with Gasteiger partial charge in [0.1, 0.15) is 5.82 Å². The molecule has 4 aromatic carbocycles. The maximum atomic E-state index is 13.5. The number of rotatable bonds is 12. The highest BCUT2D eigenvalue weighted by Crippen LogP contribution is 2.26. The third kappa shape index (κ3) is 8.90. The summed E-state index contributed by atoms with van der Waals surface area (Å²) in [6, 6.07) is 27.8. The number of piperidine rings is 1. The molecule has 8 nitrogen and oxygen atoms in total. The van der Waals surface area contributed by atoms with E-state index in [-0.39, 0.29) is 11.8 Å². The summed E-state index contributed by atoms with van der Waals surface area (Å²) in [5.74, 6) is 1.38. The first-order chi connectivity index (χ1) is 22.9. The lowest BCUT2D eigenvalue weighted by Gasteiger charge is -2.32. The van der Waals surface area contributed by atoms with Gasteiger partial charge in [0, 0.05) is 38.0 Å². The lowest BCUT2D eigenvalue weighted by atomic mass is 10.1. The van der Waals surface area contributed by atoms with Crippen molar-refractivity contribution < 1.29 is 9.18 Å². The Balaban J connectivity index is 0.935. The molecular weight excluding hydrogens is 656 g/mol. The van der Waals surface area contributed by atoms with Crippen molar-refractivity contribution in [1.82, 2.24) is 19.2 Å². The van der Waals surface area contributed by atoms with Gasteiger partial charge < -0.3 is 25.4 Å². The fourth-order valence-corrected chi connectivity index (χ4v) is 6.59. The standard InChI is InChI=1S/C35H36Cl2FN7OS/c36-28-14-11-25(21-29(28)37)22-39-30-5-1-2-6-31(30)42-35(46)43-47-20-19-44-17-15-27(16-18-44)40-34-41-32-7-3-4-8-33(32)45(34)23-24-9-12-26(38)13-10-24/h1-14,21,27,39H,15-20,22-23H2,(H,40,41)(H2,42,43,46). The van der Waals surface area contributed by atoms with Crippen molar-refractivity contribution >= 4 is 69.5 Å². The van der Waals surface area contributed by atoms with Crippen LogP contribution < -0.4 is 20.7 Å². The lowest BCUT2D eigenvalue weighted by molar-refractivity contribution is 0.231. The van der Waals surface area contributed by atoms with E-state index in [1.807, 2.05) is 66.7 Å². The normalized spacial score (nSPS) is 13.9. The molecule has 1 aliphatic heterocycles. The molecule has 0 spiro atoms. The average Bonchev–Trinajstić information content (AvgIpc) is 3.42. The van der Waals surface area contributed by atoms with Crippen molar-refractivity contribution in [3.05, 3.63) is 118 Å². The Kier molecular flexibility index (Phi) is 11.0. The molecule has 12 heteroatoms. The van der Waals surface area contributed by atoms with Crippen LogP contribution in [-0.2, 0) is 13.1 Å². The minimum Gasteiger partial charge on any atom is -0.379 e. The molecule has 6 rings (SSSR count). The van der Waals surface area contributed by atoms with Gasteiger partial charge in [-0.05, 0) is 84.4 Å². The highest BCUT2D eigenvalue weighted by Gasteiger charge is 2.21. The highest BCUT2D eigenvalue weighted by atomic mass is 35.5. The molecule has 4 N–H and O–H groups in total. The van der Waals surface area contributed by atoms with Gasteiger partial charge in [0.2, 0.25) is 5.95 Å². The number of carbonyl (C=O) groups is 1. The van der Waals surface area contributed by atoms with Crippen molar-refractivity contribution in [2.24, 2.45) is 0 Å². The van der Waals surface area contributed by atoms with Crippen LogP contribution in [0, 0.1) is 5.82 Å². The second-order valence-electron chi connectivity index (χ2n) is 11.4. The molecule has 1 fully saturated rings. The number of carbonyl (C=O) groups excluding carboxylic acids is 1. The van der Waals surface area contributed by atoms with Crippen molar-refractivity contribution in [3.8, 4) is 0 Å². The van der Waals surface area contributed by atoms with Gasteiger partial charge in [0.05, 0.1) is 39.0 Å². The summed E-state index contributed by atoms with van der Waals surface area (Å²) in [5.41, 5.74) is 5.48. The number of hydrogen-bond donors (Lipinski definition) is 4. The van der Waals surface area contributed by atoms with E-state index < -0.39 is 0 Å². The number of urea groups is 1. The van der Waals surface area contributed by atoms with E-state index in [1.165, 1.54) is 24.1 Å². The molecule has 0 saturated carbocycles. The average molecular weight is 693 g/mol. The number of likely N-dealkylation sites (tertiary alicyclic amines) is 1.